The molecule has 8 heteroatoms. The van der Waals surface area contributed by atoms with Crippen LogP contribution >= 0.6 is 11.8 Å². The van der Waals surface area contributed by atoms with Gasteiger partial charge in [-0.15, -0.1) is 0 Å². The average Bonchev–Trinajstić information content (AvgIpc) is 2.93. The van der Waals surface area contributed by atoms with Gasteiger partial charge in [-0.25, -0.2) is 4.98 Å². The maximum Gasteiger partial charge on any atom is 0.307 e. The van der Waals surface area contributed by atoms with Gasteiger partial charge < -0.3 is 25.4 Å². The number of aliphatic carboxylic acids is 1. The minimum absolute atomic E-state index is 0.108. The van der Waals surface area contributed by atoms with Gasteiger partial charge in [0.15, 0.2) is 0 Å². The fraction of sp³-hybridized carbons (Fsp3) is 0.355. The minimum Gasteiger partial charge on any atom is -0.497 e. The summed E-state index contributed by atoms with van der Waals surface area (Å²) in [6.07, 6.45) is 10.9. The number of ether oxygens (including phenoxy) is 2. The third-order valence-corrected chi connectivity index (χ3v) is 7.10. The van der Waals surface area contributed by atoms with Crippen molar-refractivity contribution in [2.75, 3.05) is 19.5 Å². The Morgan fingerprint density at radius 2 is 1.77 bits per heavy atom. The molecule has 0 bridgehead atoms. The Hall–Kier alpha value is -3.49. The third-order valence-electron chi connectivity index (χ3n) is 6.13. The molecule has 0 aliphatic carbocycles. The van der Waals surface area contributed by atoms with E-state index in [4.69, 9.17) is 20.3 Å². The molecule has 0 radical (unpaired) electrons. The molecule has 0 aliphatic rings. The van der Waals surface area contributed by atoms with Crippen LogP contribution in [0.25, 0.3) is 6.08 Å². The molecule has 0 saturated heterocycles. The summed E-state index contributed by atoms with van der Waals surface area (Å²) in [4.78, 5) is 15.6. The molecule has 3 rings (SSSR count). The van der Waals surface area contributed by atoms with Gasteiger partial charge in [-0.05, 0) is 72.9 Å². The fourth-order valence-corrected chi connectivity index (χ4v) is 4.84. The number of nitrogen functional groups attached to an aromatic ring is 1. The Morgan fingerprint density at radius 3 is 2.49 bits per heavy atom. The van der Waals surface area contributed by atoms with Gasteiger partial charge in [-0.2, -0.15) is 0 Å². The number of aromatic nitrogens is 1. The summed E-state index contributed by atoms with van der Waals surface area (Å²) in [7, 11) is 1.68. The molecular formula is C31H38N2O5S. The predicted molar refractivity (Wildman–Crippen MR) is 157 cm³/mol. The number of carboxylic acids is 1. The van der Waals surface area contributed by atoms with E-state index in [2.05, 4.69) is 17.1 Å². The van der Waals surface area contributed by atoms with Crippen molar-refractivity contribution in [2.45, 2.75) is 61.8 Å². The summed E-state index contributed by atoms with van der Waals surface area (Å²) >= 11 is 1.19. The van der Waals surface area contributed by atoms with Gasteiger partial charge in [0, 0.05) is 5.69 Å². The zero-order valence-electron chi connectivity index (χ0n) is 22.4. The summed E-state index contributed by atoms with van der Waals surface area (Å²) < 4.78 is 11.2. The monoisotopic (exact) mass is 550 g/mol. The van der Waals surface area contributed by atoms with Gasteiger partial charge >= 0.3 is 5.97 Å². The topological polar surface area (TPSA) is 115 Å². The van der Waals surface area contributed by atoms with E-state index in [1.54, 1.807) is 49.6 Å². The lowest BCUT2D eigenvalue weighted by atomic mass is 10.0. The van der Waals surface area contributed by atoms with E-state index in [1.165, 1.54) is 36.6 Å². The number of rotatable bonds is 17. The Morgan fingerprint density at radius 1 is 1.03 bits per heavy atom. The van der Waals surface area contributed by atoms with Crippen LogP contribution in [0.15, 0.2) is 71.8 Å². The zero-order valence-corrected chi connectivity index (χ0v) is 23.2. The highest BCUT2D eigenvalue weighted by Crippen LogP contribution is 2.34. The van der Waals surface area contributed by atoms with Gasteiger partial charge in [0.1, 0.15) is 22.6 Å². The molecule has 0 amide bonds. The van der Waals surface area contributed by atoms with Crippen molar-refractivity contribution < 1.29 is 24.5 Å². The smallest absolute Gasteiger partial charge is 0.307 e. The molecule has 7 nitrogen and oxygen atoms in total. The number of nitrogens with zero attached hydrogens (tertiary/aromatic N) is 1. The van der Waals surface area contributed by atoms with Crippen LogP contribution in [0.4, 0.5) is 5.69 Å². The molecule has 39 heavy (non-hydrogen) atoms. The normalized spacial score (nSPS) is 11.9. The highest BCUT2D eigenvalue weighted by molar-refractivity contribution is 7.99. The maximum absolute atomic E-state index is 11.0. The van der Waals surface area contributed by atoms with Crippen molar-refractivity contribution >= 4 is 29.5 Å². The second kappa shape index (κ2) is 16.5. The van der Waals surface area contributed by atoms with Gasteiger partial charge in [0.05, 0.1) is 25.2 Å². The fourth-order valence-electron chi connectivity index (χ4n) is 4.03. The zero-order chi connectivity index (χ0) is 27.9. The first-order chi connectivity index (χ1) is 18.9. The quantitative estimate of drug-likeness (QED) is 0.0719. The highest BCUT2D eigenvalue weighted by atomic mass is 32.2. The number of aryl methyl sites for hydroxylation is 1. The Balaban J connectivity index is 1.43. The number of hydrogen-bond donors (Lipinski definition) is 3. The first kappa shape index (κ1) is 30.1. The van der Waals surface area contributed by atoms with E-state index < -0.39 is 11.4 Å². The SMILES string of the molecule is COc1ccc(CCCCCCCCOc2ccc(SC(O)c3cccc(N)c3)nc2C=CCC(=O)O)cc1. The standard InChI is InChI=1S/C31H38N2O5S/c1-37-26-17-15-23(16-18-26)10-6-4-2-3-5-7-21-38-28-19-20-29(33-27(28)13-9-14-30(34)35)39-31(36)24-11-8-12-25(32)22-24/h8-9,11-13,15-20,22,31,36H,2-7,10,14,21,32H2,1H3,(H,34,35). The number of thioether (sulfide) groups is 1. The number of nitrogens with two attached hydrogens (primary N) is 1. The van der Waals surface area contributed by atoms with Crippen LogP contribution in [0.5, 0.6) is 11.5 Å². The maximum atomic E-state index is 11.0. The molecular weight excluding hydrogens is 512 g/mol. The lowest BCUT2D eigenvalue weighted by molar-refractivity contribution is -0.135. The van der Waals surface area contributed by atoms with Crippen LogP contribution in [-0.2, 0) is 11.2 Å². The summed E-state index contributed by atoms with van der Waals surface area (Å²) in [5.74, 6) is 0.571. The number of carbonyl (C=O) groups is 1. The molecule has 1 aromatic heterocycles. The summed E-state index contributed by atoms with van der Waals surface area (Å²) in [6, 6.07) is 19.0. The second-order valence-corrected chi connectivity index (χ2v) is 10.3. The molecule has 2 aromatic carbocycles. The lowest BCUT2D eigenvalue weighted by Gasteiger charge is -2.13. The summed E-state index contributed by atoms with van der Waals surface area (Å²) in [6.45, 7) is 0.561. The second-order valence-electron chi connectivity index (χ2n) is 9.24. The first-order valence-electron chi connectivity index (χ1n) is 13.3. The average molecular weight is 551 g/mol. The number of methoxy groups -OCH3 is 1. The number of anilines is 1. The predicted octanol–water partition coefficient (Wildman–Crippen LogP) is 6.91. The van der Waals surface area contributed by atoms with Crippen molar-refractivity contribution in [2.24, 2.45) is 0 Å². The van der Waals surface area contributed by atoms with Crippen LogP contribution in [0, 0.1) is 0 Å². The molecule has 1 unspecified atom stereocenters. The number of aliphatic hydroxyl groups is 1. The van der Waals surface area contributed by atoms with Crippen molar-refractivity contribution in [1.82, 2.24) is 4.98 Å². The van der Waals surface area contributed by atoms with E-state index in [1.807, 2.05) is 18.2 Å². The molecule has 1 atom stereocenters. The van der Waals surface area contributed by atoms with Crippen molar-refractivity contribution in [1.29, 1.82) is 0 Å². The van der Waals surface area contributed by atoms with Crippen LogP contribution in [0.1, 0.15) is 67.2 Å². The van der Waals surface area contributed by atoms with E-state index in [9.17, 15) is 9.90 Å². The number of carboxylic acid groups (broad SMARTS) is 1. The molecule has 208 valence electrons. The Kier molecular flexibility index (Phi) is 12.7. The largest absolute Gasteiger partial charge is 0.497 e. The molecule has 4 N–H and O–H groups in total. The van der Waals surface area contributed by atoms with Crippen molar-refractivity contribution in [3.05, 3.63) is 83.6 Å². The Labute approximate surface area is 235 Å². The molecule has 0 saturated carbocycles. The minimum atomic E-state index is -0.916. The summed E-state index contributed by atoms with van der Waals surface area (Å²) in [5, 5.41) is 20.2. The van der Waals surface area contributed by atoms with E-state index in [-0.39, 0.29) is 6.42 Å². The number of unbranched alkanes of at least 4 members (excludes halogenated alkanes) is 5. The number of benzene rings is 2. The van der Waals surface area contributed by atoms with E-state index in [0.29, 0.717) is 34.3 Å². The third kappa shape index (κ3) is 11.0. The molecule has 1 heterocycles. The van der Waals surface area contributed by atoms with Crippen LogP contribution in [0.2, 0.25) is 0 Å². The van der Waals surface area contributed by atoms with Crippen LogP contribution in [-0.4, -0.2) is 34.9 Å². The van der Waals surface area contributed by atoms with Gasteiger partial charge in [-0.3, -0.25) is 4.79 Å². The van der Waals surface area contributed by atoms with E-state index >= 15 is 0 Å². The highest BCUT2D eigenvalue weighted by Gasteiger charge is 2.13. The van der Waals surface area contributed by atoms with Gasteiger partial charge in [0.2, 0.25) is 0 Å². The molecule has 3 aromatic rings. The van der Waals surface area contributed by atoms with Crippen molar-refractivity contribution in [3.8, 4) is 11.5 Å². The number of hydrogen-bond acceptors (Lipinski definition) is 7. The molecule has 0 fully saturated rings. The first-order valence-corrected chi connectivity index (χ1v) is 14.2. The molecule has 0 aliphatic heterocycles. The van der Waals surface area contributed by atoms with Gasteiger partial charge in [0.25, 0.3) is 0 Å². The molecule has 0 spiro atoms. The Bertz CT molecular complexity index is 1200. The van der Waals surface area contributed by atoms with E-state index in [0.717, 1.165) is 31.4 Å². The number of pyridine rings is 1. The summed E-state index contributed by atoms with van der Waals surface area (Å²) in [5.41, 5.74) is 8.14. The lowest BCUT2D eigenvalue weighted by Crippen LogP contribution is -2.01. The van der Waals surface area contributed by atoms with Crippen molar-refractivity contribution in [3.63, 3.8) is 0 Å². The van der Waals surface area contributed by atoms with Gasteiger partial charge in [-0.1, -0.05) is 67.8 Å². The number of aliphatic hydroxyl groups excluding tert-OH is 1. The van der Waals surface area contributed by atoms with Crippen LogP contribution < -0.4 is 15.2 Å². The van der Waals surface area contributed by atoms with Crippen LogP contribution in [0.3, 0.4) is 0 Å².